The van der Waals surface area contributed by atoms with Crippen LogP contribution in [0.15, 0.2) is 24.3 Å². The molecule has 0 N–H and O–H groups in total. The third kappa shape index (κ3) is 3.77. The highest BCUT2D eigenvalue weighted by atomic mass is 16.2. The lowest BCUT2D eigenvalue weighted by molar-refractivity contribution is -0.132. The second-order valence-electron chi connectivity index (χ2n) is 4.85. The first-order valence-corrected chi connectivity index (χ1v) is 5.90. The second kappa shape index (κ2) is 5.71. The maximum atomic E-state index is 11.8. The van der Waals surface area contributed by atoms with Crippen LogP contribution in [0.4, 0.5) is 5.69 Å². The minimum atomic E-state index is 0.0105. The number of carbonyl (C=O) groups is 1. The Morgan fingerprint density at radius 2 is 1.71 bits per heavy atom. The maximum Gasteiger partial charge on any atom is 0.226 e. The smallest absolute Gasteiger partial charge is 0.226 e. The van der Waals surface area contributed by atoms with Gasteiger partial charge in [0.05, 0.1) is 5.92 Å². The van der Waals surface area contributed by atoms with E-state index in [1.165, 1.54) is 5.56 Å². The van der Waals surface area contributed by atoms with E-state index in [0.29, 0.717) is 0 Å². The van der Waals surface area contributed by atoms with Gasteiger partial charge in [-0.1, -0.05) is 24.6 Å². The van der Waals surface area contributed by atoms with Crippen molar-refractivity contribution in [2.24, 2.45) is 5.92 Å². The molecule has 0 radical (unpaired) electrons. The summed E-state index contributed by atoms with van der Waals surface area (Å²) in [5.74, 6) is 0.181. The molecule has 1 unspecified atom stereocenters. The third-order valence-corrected chi connectivity index (χ3v) is 2.88. The number of rotatable bonds is 4. The zero-order chi connectivity index (χ0) is 13.0. The van der Waals surface area contributed by atoms with Crippen LogP contribution in [0.1, 0.15) is 12.5 Å². The number of nitrogens with zero attached hydrogens (tertiary/aromatic N) is 2. The molecule has 1 aromatic rings. The molecule has 0 aliphatic carbocycles. The van der Waals surface area contributed by atoms with Crippen LogP contribution in [-0.4, -0.2) is 38.5 Å². The number of aryl methyl sites for hydroxylation is 1. The van der Waals surface area contributed by atoms with Gasteiger partial charge in [0.15, 0.2) is 0 Å². The summed E-state index contributed by atoms with van der Waals surface area (Å²) < 4.78 is 0. The van der Waals surface area contributed by atoms with E-state index in [1.807, 2.05) is 14.0 Å². The van der Waals surface area contributed by atoms with E-state index in [-0.39, 0.29) is 11.8 Å². The van der Waals surface area contributed by atoms with E-state index in [0.717, 1.165) is 12.2 Å². The first-order chi connectivity index (χ1) is 7.91. The minimum absolute atomic E-state index is 0.0105. The topological polar surface area (TPSA) is 23.6 Å². The summed E-state index contributed by atoms with van der Waals surface area (Å²) in [6, 6.07) is 8.35. The number of carbonyl (C=O) groups excluding carboxylic acids is 1. The van der Waals surface area contributed by atoms with Gasteiger partial charge in [-0.3, -0.25) is 4.79 Å². The highest BCUT2D eigenvalue weighted by Crippen LogP contribution is 2.15. The van der Waals surface area contributed by atoms with Crippen LogP contribution in [0.2, 0.25) is 0 Å². The average molecular weight is 234 g/mol. The van der Waals surface area contributed by atoms with Gasteiger partial charge in [-0.2, -0.15) is 0 Å². The van der Waals surface area contributed by atoms with E-state index in [9.17, 15) is 4.79 Å². The van der Waals surface area contributed by atoms with E-state index in [2.05, 4.69) is 36.1 Å². The van der Waals surface area contributed by atoms with Gasteiger partial charge in [0, 0.05) is 33.4 Å². The van der Waals surface area contributed by atoms with Crippen molar-refractivity contribution in [3.63, 3.8) is 0 Å². The van der Waals surface area contributed by atoms with Crippen molar-refractivity contribution in [2.75, 3.05) is 32.6 Å². The number of anilines is 1. The van der Waals surface area contributed by atoms with Crippen molar-refractivity contribution in [1.82, 2.24) is 4.90 Å². The summed E-state index contributed by atoms with van der Waals surface area (Å²) in [5, 5.41) is 0. The Balaban J connectivity index is 2.63. The second-order valence-corrected chi connectivity index (χ2v) is 4.85. The van der Waals surface area contributed by atoms with Gasteiger partial charge >= 0.3 is 0 Å². The molecule has 0 bridgehead atoms. The molecule has 3 heteroatoms. The van der Waals surface area contributed by atoms with Gasteiger partial charge in [0.2, 0.25) is 5.91 Å². The summed E-state index contributed by atoms with van der Waals surface area (Å²) in [6.07, 6.45) is 0. The monoisotopic (exact) mass is 234 g/mol. The molecular weight excluding hydrogens is 212 g/mol. The fraction of sp³-hybridized carbons (Fsp3) is 0.500. The van der Waals surface area contributed by atoms with E-state index in [4.69, 9.17) is 0 Å². The van der Waals surface area contributed by atoms with Crippen molar-refractivity contribution >= 4 is 11.6 Å². The van der Waals surface area contributed by atoms with Gasteiger partial charge in [-0.15, -0.1) is 0 Å². The van der Waals surface area contributed by atoms with E-state index in [1.54, 1.807) is 19.0 Å². The van der Waals surface area contributed by atoms with Crippen LogP contribution in [0.5, 0.6) is 0 Å². The molecular formula is C14H22N2O. The predicted octanol–water partition coefficient (Wildman–Crippen LogP) is 2.16. The van der Waals surface area contributed by atoms with Gasteiger partial charge < -0.3 is 9.80 Å². The standard InChI is InChI=1S/C14H22N2O/c1-11-6-8-13(9-7-11)16(5)10-12(2)14(17)15(3)4/h6-9,12H,10H2,1-5H3. The Morgan fingerprint density at radius 1 is 1.18 bits per heavy atom. The fourth-order valence-corrected chi connectivity index (χ4v) is 1.83. The first-order valence-electron chi connectivity index (χ1n) is 5.90. The normalized spacial score (nSPS) is 12.1. The Morgan fingerprint density at radius 3 is 2.18 bits per heavy atom. The van der Waals surface area contributed by atoms with Crippen molar-refractivity contribution < 1.29 is 4.79 Å². The Labute approximate surface area is 104 Å². The van der Waals surface area contributed by atoms with Crippen molar-refractivity contribution in [1.29, 1.82) is 0 Å². The molecule has 0 aliphatic rings. The highest BCUT2D eigenvalue weighted by Gasteiger charge is 2.16. The number of hydrogen-bond acceptors (Lipinski definition) is 2. The van der Waals surface area contributed by atoms with Crippen LogP contribution >= 0.6 is 0 Å². The predicted molar refractivity (Wildman–Crippen MR) is 72.3 cm³/mol. The van der Waals surface area contributed by atoms with Crippen LogP contribution in [0, 0.1) is 12.8 Å². The molecule has 3 nitrogen and oxygen atoms in total. The number of benzene rings is 1. The van der Waals surface area contributed by atoms with Crippen LogP contribution in [0.25, 0.3) is 0 Å². The largest absolute Gasteiger partial charge is 0.374 e. The molecule has 0 heterocycles. The van der Waals surface area contributed by atoms with Gasteiger partial charge in [0.25, 0.3) is 0 Å². The molecule has 0 saturated heterocycles. The lowest BCUT2D eigenvalue weighted by Crippen LogP contribution is -2.35. The quantitative estimate of drug-likeness (QED) is 0.797. The lowest BCUT2D eigenvalue weighted by Gasteiger charge is -2.24. The van der Waals surface area contributed by atoms with Gasteiger partial charge in [0.1, 0.15) is 0 Å². The van der Waals surface area contributed by atoms with Crippen molar-refractivity contribution in [3.05, 3.63) is 29.8 Å². The Bertz CT molecular complexity index is 370. The molecule has 94 valence electrons. The summed E-state index contributed by atoms with van der Waals surface area (Å²) >= 11 is 0. The molecule has 1 rings (SSSR count). The molecule has 0 spiro atoms. The van der Waals surface area contributed by atoms with E-state index < -0.39 is 0 Å². The molecule has 0 saturated carbocycles. The maximum absolute atomic E-state index is 11.8. The SMILES string of the molecule is Cc1ccc(N(C)CC(C)C(=O)N(C)C)cc1. The fourth-order valence-electron chi connectivity index (χ4n) is 1.83. The molecule has 0 aliphatic heterocycles. The lowest BCUT2D eigenvalue weighted by atomic mass is 10.1. The van der Waals surface area contributed by atoms with Crippen molar-refractivity contribution in [3.8, 4) is 0 Å². The first kappa shape index (κ1) is 13.6. The van der Waals surface area contributed by atoms with E-state index >= 15 is 0 Å². The molecule has 17 heavy (non-hydrogen) atoms. The summed E-state index contributed by atoms with van der Waals surface area (Å²) in [7, 11) is 5.61. The third-order valence-electron chi connectivity index (χ3n) is 2.88. The van der Waals surface area contributed by atoms with Crippen LogP contribution in [0.3, 0.4) is 0 Å². The molecule has 1 aromatic carbocycles. The highest BCUT2D eigenvalue weighted by molar-refractivity contribution is 5.78. The van der Waals surface area contributed by atoms with Crippen LogP contribution in [-0.2, 0) is 4.79 Å². The minimum Gasteiger partial charge on any atom is -0.374 e. The molecule has 1 atom stereocenters. The summed E-state index contributed by atoms with van der Waals surface area (Å²) in [6.45, 7) is 4.77. The average Bonchev–Trinajstić information content (AvgIpc) is 2.28. The van der Waals surface area contributed by atoms with Crippen molar-refractivity contribution in [2.45, 2.75) is 13.8 Å². The Hall–Kier alpha value is -1.51. The summed E-state index contributed by atoms with van der Waals surface area (Å²) in [5.41, 5.74) is 2.40. The Kier molecular flexibility index (Phi) is 4.55. The molecule has 0 aromatic heterocycles. The summed E-state index contributed by atoms with van der Waals surface area (Å²) in [4.78, 5) is 15.5. The number of hydrogen-bond donors (Lipinski definition) is 0. The zero-order valence-corrected chi connectivity index (χ0v) is 11.4. The number of amides is 1. The molecule has 0 fully saturated rings. The van der Waals surface area contributed by atoms with Gasteiger partial charge in [-0.25, -0.2) is 0 Å². The van der Waals surface area contributed by atoms with Gasteiger partial charge in [-0.05, 0) is 19.1 Å². The molecule has 1 amide bonds. The zero-order valence-electron chi connectivity index (χ0n) is 11.4. The van der Waals surface area contributed by atoms with Crippen LogP contribution < -0.4 is 4.90 Å².